The highest BCUT2D eigenvalue weighted by atomic mass is 32.2. The average molecular weight is 354 g/mol. The van der Waals surface area contributed by atoms with Crippen molar-refractivity contribution in [2.75, 3.05) is 13.1 Å². The Hall–Kier alpha value is -1.93. The summed E-state index contributed by atoms with van der Waals surface area (Å²) in [6.45, 7) is 3.61. The van der Waals surface area contributed by atoms with Crippen molar-refractivity contribution in [1.29, 1.82) is 0 Å². The van der Waals surface area contributed by atoms with Gasteiger partial charge in [-0.25, -0.2) is 8.42 Å². The number of aryl methyl sites for hydroxylation is 1. The molecule has 0 saturated carbocycles. The second-order valence-electron chi connectivity index (χ2n) is 6.07. The number of carboxylic acids is 1. The third-order valence-electron chi connectivity index (χ3n) is 4.14. The Morgan fingerprint density at radius 2 is 1.96 bits per heavy atom. The molecule has 7 nitrogen and oxygen atoms in total. The van der Waals surface area contributed by atoms with Crippen LogP contribution in [-0.2, 0) is 19.6 Å². The molecule has 0 bridgehead atoms. The van der Waals surface area contributed by atoms with Crippen LogP contribution in [0.1, 0.15) is 25.3 Å². The summed E-state index contributed by atoms with van der Waals surface area (Å²) >= 11 is 0. The molecule has 1 fully saturated rings. The van der Waals surface area contributed by atoms with Gasteiger partial charge in [0.15, 0.2) is 0 Å². The summed E-state index contributed by atoms with van der Waals surface area (Å²) < 4.78 is 26.7. The van der Waals surface area contributed by atoms with E-state index in [1.807, 2.05) is 6.92 Å². The number of amides is 1. The molecule has 1 aliphatic rings. The van der Waals surface area contributed by atoms with Gasteiger partial charge in [-0.05, 0) is 31.9 Å². The third-order valence-corrected chi connectivity index (χ3v) is 6.06. The van der Waals surface area contributed by atoms with Crippen molar-refractivity contribution in [3.63, 3.8) is 0 Å². The number of benzene rings is 1. The van der Waals surface area contributed by atoms with Crippen molar-refractivity contribution in [2.45, 2.75) is 37.6 Å². The molecule has 2 atom stereocenters. The Morgan fingerprint density at radius 1 is 1.33 bits per heavy atom. The fourth-order valence-corrected chi connectivity index (χ4v) is 4.25. The topological polar surface area (TPSA) is 104 Å². The number of carbonyl (C=O) groups excluding carboxylic acids is 1. The average Bonchev–Trinajstić information content (AvgIpc) is 3.03. The lowest BCUT2D eigenvalue weighted by molar-refractivity contribution is -0.141. The smallest absolute Gasteiger partial charge is 0.308 e. The van der Waals surface area contributed by atoms with Crippen LogP contribution in [0.3, 0.4) is 0 Å². The van der Waals surface area contributed by atoms with Gasteiger partial charge >= 0.3 is 5.97 Å². The number of sulfonamides is 1. The van der Waals surface area contributed by atoms with Crippen LogP contribution < -0.4 is 5.32 Å². The SMILES string of the molecule is Cc1ccc(S(=O)(=O)N2CCC[C@@H]2C(=O)NC[C@H](C)C(=O)O)cc1. The van der Waals surface area contributed by atoms with Crippen molar-refractivity contribution in [3.05, 3.63) is 29.8 Å². The Labute approximate surface area is 141 Å². The van der Waals surface area contributed by atoms with Crippen LogP contribution in [0.5, 0.6) is 0 Å². The lowest BCUT2D eigenvalue weighted by atomic mass is 10.1. The van der Waals surface area contributed by atoms with E-state index in [0.29, 0.717) is 12.8 Å². The molecule has 1 saturated heterocycles. The third kappa shape index (κ3) is 3.93. The lowest BCUT2D eigenvalue weighted by Gasteiger charge is -2.23. The van der Waals surface area contributed by atoms with Crippen LogP contribution in [-0.4, -0.2) is 48.8 Å². The Morgan fingerprint density at radius 3 is 2.54 bits per heavy atom. The molecule has 1 amide bonds. The number of aliphatic carboxylic acids is 1. The first kappa shape index (κ1) is 18.4. The molecule has 0 spiro atoms. The summed E-state index contributed by atoms with van der Waals surface area (Å²) in [6.07, 6.45) is 1.02. The van der Waals surface area contributed by atoms with Crippen molar-refractivity contribution in [2.24, 2.45) is 5.92 Å². The quantitative estimate of drug-likeness (QED) is 0.793. The van der Waals surface area contributed by atoms with E-state index in [1.54, 1.807) is 12.1 Å². The maximum atomic E-state index is 12.8. The van der Waals surface area contributed by atoms with E-state index in [4.69, 9.17) is 5.11 Å². The zero-order valence-electron chi connectivity index (χ0n) is 13.7. The molecular weight excluding hydrogens is 332 g/mol. The van der Waals surface area contributed by atoms with Gasteiger partial charge in [0.25, 0.3) is 0 Å². The standard InChI is InChI=1S/C16H22N2O5S/c1-11-5-7-13(8-6-11)24(22,23)18-9-3-4-14(18)15(19)17-10-12(2)16(20)21/h5-8,12,14H,3-4,9-10H2,1-2H3,(H,17,19)(H,20,21)/t12-,14+/m0/s1. The molecule has 2 N–H and O–H groups in total. The van der Waals surface area contributed by atoms with Crippen molar-refractivity contribution in [1.82, 2.24) is 9.62 Å². The fourth-order valence-electron chi connectivity index (χ4n) is 2.59. The van der Waals surface area contributed by atoms with Crippen LogP contribution >= 0.6 is 0 Å². The van der Waals surface area contributed by atoms with Gasteiger partial charge in [0, 0.05) is 13.1 Å². The molecule has 0 aromatic heterocycles. The van der Waals surface area contributed by atoms with Gasteiger partial charge in [-0.3, -0.25) is 9.59 Å². The molecule has 0 aliphatic carbocycles. The predicted molar refractivity (Wildman–Crippen MR) is 87.9 cm³/mol. The van der Waals surface area contributed by atoms with E-state index in [1.165, 1.54) is 23.4 Å². The van der Waals surface area contributed by atoms with Gasteiger partial charge in [0.05, 0.1) is 10.8 Å². The zero-order chi connectivity index (χ0) is 17.9. The molecular formula is C16H22N2O5S. The summed E-state index contributed by atoms with van der Waals surface area (Å²) in [7, 11) is -3.75. The molecule has 132 valence electrons. The number of carboxylic acid groups (broad SMARTS) is 1. The highest BCUT2D eigenvalue weighted by Gasteiger charge is 2.39. The van der Waals surface area contributed by atoms with E-state index < -0.39 is 33.9 Å². The molecule has 0 unspecified atom stereocenters. The summed E-state index contributed by atoms with van der Waals surface area (Å²) in [5.41, 5.74) is 0.951. The van der Waals surface area contributed by atoms with E-state index in [0.717, 1.165) is 5.56 Å². The van der Waals surface area contributed by atoms with Gasteiger partial charge in [0.2, 0.25) is 15.9 Å². The van der Waals surface area contributed by atoms with Gasteiger partial charge in [-0.15, -0.1) is 0 Å². The summed E-state index contributed by atoms with van der Waals surface area (Å²) in [5.74, 6) is -2.18. The Balaban J connectivity index is 2.13. The Kier molecular flexibility index (Phi) is 5.61. The summed E-state index contributed by atoms with van der Waals surface area (Å²) in [5, 5.41) is 11.4. The van der Waals surface area contributed by atoms with Gasteiger partial charge in [-0.2, -0.15) is 4.31 Å². The molecule has 24 heavy (non-hydrogen) atoms. The van der Waals surface area contributed by atoms with Crippen LogP contribution in [0.2, 0.25) is 0 Å². The number of hydrogen-bond donors (Lipinski definition) is 2. The van der Waals surface area contributed by atoms with Crippen LogP contribution in [0.25, 0.3) is 0 Å². The monoisotopic (exact) mass is 354 g/mol. The van der Waals surface area contributed by atoms with Gasteiger partial charge < -0.3 is 10.4 Å². The van der Waals surface area contributed by atoms with Crippen molar-refractivity contribution < 1.29 is 23.1 Å². The molecule has 1 aliphatic heterocycles. The normalized spacial score (nSPS) is 19.8. The first-order chi connectivity index (χ1) is 11.2. The zero-order valence-corrected chi connectivity index (χ0v) is 14.5. The fraction of sp³-hybridized carbons (Fsp3) is 0.500. The van der Waals surface area contributed by atoms with E-state index in [2.05, 4.69) is 5.32 Å². The van der Waals surface area contributed by atoms with Crippen LogP contribution in [0, 0.1) is 12.8 Å². The molecule has 1 aromatic rings. The first-order valence-electron chi connectivity index (χ1n) is 7.82. The highest BCUT2D eigenvalue weighted by Crippen LogP contribution is 2.26. The Bertz CT molecular complexity index is 714. The summed E-state index contributed by atoms with van der Waals surface area (Å²) in [4.78, 5) is 23.3. The van der Waals surface area contributed by atoms with Gasteiger partial charge in [0.1, 0.15) is 6.04 Å². The maximum absolute atomic E-state index is 12.8. The number of carbonyl (C=O) groups is 2. The number of nitrogens with one attached hydrogen (secondary N) is 1. The van der Waals surface area contributed by atoms with Crippen LogP contribution in [0.4, 0.5) is 0 Å². The number of nitrogens with zero attached hydrogens (tertiary/aromatic N) is 1. The van der Waals surface area contributed by atoms with E-state index in [9.17, 15) is 18.0 Å². The van der Waals surface area contributed by atoms with Crippen LogP contribution in [0.15, 0.2) is 29.2 Å². The van der Waals surface area contributed by atoms with E-state index in [-0.39, 0.29) is 18.0 Å². The molecule has 2 rings (SSSR count). The maximum Gasteiger partial charge on any atom is 0.308 e. The predicted octanol–water partition coefficient (Wildman–Crippen LogP) is 0.985. The molecule has 8 heteroatoms. The molecule has 1 aromatic carbocycles. The lowest BCUT2D eigenvalue weighted by Crippen LogP contribution is -2.47. The molecule has 1 heterocycles. The van der Waals surface area contributed by atoms with Crippen molar-refractivity contribution in [3.8, 4) is 0 Å². The minimum absolute atomic E-state index is 0.0247. The minimum Gasteiger partial charge on any atom is -0.481 e. The minimum atomic E-state index is -3.75. The highest BCUT2D eigenvalue weighted by molar-refractivity contribution is 7.89. The number of hydrogen-bond acceptors (Lipinski definition) is 4. The van der Waals surface area contributed by atoms with Crippen molar-refractivity contribution >= 4 is 21.9 Å². The molecule has 0 radical (unpaired) electrons. The largest absolute Gasteiger partial charge is 0.481 e. The second kappa shape index (κ2) is 7.31. The summed E-state index contributed by atoms with van der Waals surface area (Å²) in [6, 6.07) is 5.70. The van der Waals surface area contributed by atoms with Gasteiger partial charge in [-0.1, -0.05) is 24.6 Å². The van der Waals surface area contributed by atoms with E-state index >= 15 is 0 Å². The number of rotatable bonds is 6. The first-order valence-corrected chi connectivity index (χ1v) is 9.26. The second-order valence-corrected chi connectivity index (χ2v) is 7.96.